The predicted molar refractivity (Wildman–Crippen MR) is 68.3 cm³/mol. The average Bonchev–Trinajstić information content (AvgIpc) is 2.53. The van der Waals surface area contributed by atoms with Gasteiger partial charge in [-0.15, -0.1) is 0 Å². The summed E-state index contributed by atoms with van der Waals surface area (Å²) in [6.07, 6.45) is 6.99. The van der Waals surface area contributed by atoms with Crippen molar-refractivity contribution in [2.24, 2.45) is 11.7 Å². The Kier molecular flexibility index (Phi) is 3.97. The number of thioether (sulfide) groups is 1. The van der Waals surface area contributed by atoms with E-state index in [1.165, 1.54) is 44.4 Å². The van der Waals surface area contributed by atoms with Crippen LogP contribution >= 0.6 is 11.8 Å². The van der Waals surface area contributed by atoms with Gasteiger partial charge in [-0.25, -0.2) is 0 Å². The summed E-state index contributed by atoms with van der Waals surface area (Å²) >= 11 is 2.06. The first-order valence-electron chi connectivity index (χ1n) is 6.31. The highest BCUT2D eigenvalue weighted by atomic mass is 32.2. The van der Waals surface area contributed by atoms with E-state index in [2.05, 4.69) is 24.0 Å². The highest BCUT2D eigenvalue weighted by molar-refractivity contribution is 8.00. The van der Waals surface area contributed by atoms with Crippen molar-refractivity contribution in [3.63, 3.8) is 0 Å². The molecule has 0 bridgehead atoms. The van der Waals surface area contributed by atoms with Gasteiger partial charge in [0.25, 0.3) is 0 Å². The lowest BCUT2D eigenvalue weighted by Gasteiger charge is -2.31. The van der Waals surface area contributed by atoms with E-state index in [0.717, 1.165) is 17.7 Å². The fourth-order valence-corrected chi connectivity index (χ4v) is 4.01. The van der Waals surface area contributed by atoms with Crippen LogP contribution in [-0.4, -0.2) is 29.6 Å². The van der Waals surface area contributed by atoms with Crippen molar-refractivity contribution >= 4 is 11.8 Å². The molecule has 2 fully saturated rings. The predicted octanol–water partition coefficient (Wildman–Crippen LogP) is 1.99. The minimum absolute atomic E-state index is 0.258. The third-order valence-electron chi connectivity index (χ3n) is 3.99. The van der Waals surface area contributed by atoms with E-state index in [0.29, 0.717) is 0 Å². The Balaban J connectivity index is 1.70. The molecule has 0 aromatic heterocycles. The molecular weight excluding hydrogens is 204 g/mol. The molecule has 2 rings (SSSR count). The van der Waals surface area contributed by atoms with E-state index >= 15 is 0 Å². The van der Waals surface area contributed by atoms with E-state index in [1.54, 1.807) is 0 Å². The first-order chi connectivity index (χ1) is 7.24. The van der Waals surface area contributed by atoms with Crippen LogP contribution in [0.3, 0.4) is 0 Å². The van der Waals surface area contributed by atoms with Crippen molar-refractivity contribution in [2.75, 3.05) is 18.8 Å². The zero-order chi connectivity index (χ0) is 10.7. The van der Waals surface area contributed by atoms with Crippen molar-refractivity contribution in [3.05, 3.63) is 0 Å². The van der Waals surface area contributed by atoms with Crippen molar-refractivity contribution in [3.8, 4) is 0 Å². The Hall–Kier alpha value is 0.270. The molecule has 0 aromatic rings. The van der Waals surface area contributed by atoms with E-state index in [4.69, 9.17) is 5.73 Å². The number of rotatable bonds is 5. The quantitative estimate of drug-likeness (QED) is 0.756. The number of hydrogen-bond donors (Lipinski definition) is 2. The van der Waals surface area contributed by atoms with Gasteiger partial charge in [-0.1, -0.05) is 26.2 Å². The summed E-state index contributed by atoms with van der Waals surface area (Å²) in [7, 11) is 0. The van der Waals surface area contributed by atoms with Gasteiger partial charge >= 0.3 is 0 Å². The lowest BCUT2D eigenvalue weighted by Crippen LogP contribution is -2.52. The van der Waals surface area contributed by atoms with Gasteiger partial charge in [-0.2, -0.15) is 11.8 Å². The van der Waals surface area contributed by atoms with Crippen LogP contribution in [0, 0.1) is 5.92 Å². The molecule has 2 unspecified atom stereocenters. The van der Waals surface area contributed by atoms with Crippen LogP contribution in [0.5, 0.6) is 0 Å². The maximum atomic E-state index is 5.92. The molecule has 0 radical (unpaired) electrons. The minimum Gasteiger partial charge on any atom is -0.329 e. The molecular formula is C12H24N2S. The monoisotopic (exact) mass is 228 g/mol. The second-order valence-corrected chi connectivity index (χ2v) is 6.75. The number of hydrogen-bond acceptors (Lipinski definition) is 3. The Bertz CT molecular complexity index is 206. The molecule has 3 N–H and O–H groups in total. The molecule has 1 aliphatic heterocycles. The zero-order valence-corrected chi connectivity index (χ0v) is 10.6. The first kappa shape index (κ1) is 11.7. The van der Waals surface area contributed by atoms with Gasteiger partial charge in [0.2, 0.25) is 0 Å². The van der Waals surface area contributed by atoms with Crippen LogP contribution in [0.2, 0.25) is 0 Å². The molecule has 2 aliphatic rings. The summed E-state index contributed by atoms with van der Waals surface area (Å²) in [4.78, 5) is 0. The Morgan fingerprint density at radius 2 is 2.27 bits per heavy atom. The summed E-state index contributed by atoms with van der Waals surface area (Å²) < 4.78 is 0. The molecule has 1 saturated carbocycles. The fourth-order valence-electron chi connectivity index (χ4n) is 2.63. The van der Waals surface area contributed by atoms with Crippen molar-refractivity contribution < 1.29 is 0 Å². The van der Waals surface area contributed by atoms with Crippen LogP contribution in [0.1, 0.15) is 39.0 Å². The second kappa shape index (κ2) is 5.07. The summed E-state index contributed by atoms with van der Waals surface area (Å²) in [5.74, 6) is 2.22. The minimum atomic E-state index is 0.258. The Morgan fingerprint density at radius 1 is 1.47 bits per heavy atom. The zero-order valence-electron chi connectivity index (χ0n) is 9.80. The summed E-state index contributed by atoms with van der Waals surface area (Å²) in [6.45, 7) is 4.29. The summed E-state index contributed by atoms with van der Waals surface area (Å²) in [5, 5.41) is 4.51. The molecule has 3 heteroatoms. The standard InChI is InChI=1S/C12H24N2S/c1-10-7-12(8-13,9-15-10)14-6-5-11-3-2-4-11/h10-11,14H,2-9,13H2,1H3. The average molecular weight is 228 g/mol. The van der Waals surface area contributed by atoms with Gasteiger partial charge in [0.05, 0.1) is 0 Å². The maximum absolute atomic E-state index is 5.92. The SMILES string of the molecule is CC1CC(CN)(NCCC2CCC2)CS1. The van der Waals surface area contributed by atoms with Crippen LogP contribution in [0.15, 0.2) is 0 Å². The Morgan fingerprint density at radius 3 is 2.73 bits per heavy atom. The normalized spacial score (nSPS) is 36.8. The molecule has 1 heterocycles. The molecule has 2 atom stereocenters. The second-order valence-electron chi connectivity index (χ2n) is 5.32. The highest BCUT2D eigenvalue weighted by Crippen LogP contribution is 2.34. The Labute approximate surface area is 97.8 Å². The van der Waals surface area contributed by atoms with Gasteiger partial charge in [0, 0.05) is 23.1 Å². The molecule has 88 valence electrons. The fraction of sp³-hybridized carbons (Fsp3) is 1.00. The summed E-state index contributed by atoms with van der Waals surface area (Å²) in [6, 6.07) is 0. The van der Waals surface area contributed by atoms with Gasteiger partial charge in [0.1, 0.15) is 0 Å². The molecule has 2 nitrogen and oxygen atoms in total. The van der Waals surface area contributed by atoms with Crippen LogP contribution in [0.4, 0.5) is 0 Å². The smallest absolute Gasteiger partial charge is 0.0405 e. The third-order valence-corrected chi connectivity index (χ3v) is 5.45. The van der Waals surface area contributed by atoms with Gasteiger partial charge in [-0.3, -0.25) is 0 Å². The van der Waals surface area contributed by atoms with E-state index in [1.807, 2.05) is 0 Å². The maximum Gasteiger partial charge on any atom is 0.0405 e. The molecule has 1 saturated heterocycles. The first-order valence-corrected chi connectivity index (χ1v) is 7.36. The van der Waals surface area contributed by atoms with Crippen molar-refractivity contribution in [1.29, 1.82) is 0 Å². The van der Waals surface area contributed by atoms with Crippen molar-refractivity contribution in [2.45, 2.75) is 49.8 Å². The lowest BCUT2D eigenvalue weighted by atomic mass is 9.83. The lowest BCUT2D eigenvalue weighted by molar-refractivity contribution is 0.270. The molecule has 0 spiro atoms. The van der Waals surface area contributed by atoms with Crippen molar-refractivity contribution in [1.82, 2.24) is 5.32 Å². The van der Waals surface area contributed by atoms with E-state index in [9.17, 15) is 0 Å². The van der Waals surface area contributed by atoms with E-state index in [-0.39, 0.29) is 5.54 Å². The third kappa shape index (κ3) is 2.89. The molecule has 0 aromatic carbocycles. The molecule has 1 aliphatic carbocycles. The van der Waals surface area contributed by atoms with Gasteiger partial charge in [-0.05, 0) is 25.3 Å². The molecule has 0 amide bonds. The summed E-state index contributed by atoms with van der Waals surface area (Å²) in [5.41, 5.74) is 6.18. The number of nitrogens with two attached hydrogens (primary N) is 1. The van der Waals surface area contributed by atoms with E-state index < -0.39 is 0 Å². The highest BCUT2D eigenvalue weighted by Gasteiger charge is 2.36. The van der Waals surface area contributed by atoms with Crippen LogP contribution in [0.25, 0.3) is 0 Å². The molecule has 15 heavy (non-hydrogen) atoms. The van der Waals surface area contributed by atoms with Gasteiger partial charge < -0.3 is 11.1 Å². The van der Waals surface area contributed by atoms with Gasteiger partial charge in [0.15, 0.2) is 0 Å². The number of nitrogens with one attached hydrogen (secondary N) is 1. The van der Waals surface area contributed by atoms with Crippen LogP contribution < -0.4 is 11.1 Å². The largest absolute Gasteiger partial charge is 0.329 e. The topological polar surface area (TPSA) is 38.0 Å². The van der Waals surface area contributed by atoms with Crippen LogP contribution in [-0.2, 0) is 0 Å².